The monoisotopic (exact) mass is 717 g/mol. The molecule has 6 rings (SSSR count). The summed E-state index contributed by atoms with van der Waals surface area (Å²) in [7, 11) is 1.37. The molecule has 2 N–H and O–H groups in total. The molecule has 10 heteroatoms. The maximum atomic E-state index is 14.8. The molecule has 0 unspecified atom stereocenters. The molecule has 2 amide bonds. The predicted molar refractivity (Wildman–Crippen MR) is 210 cm³/mol. The van der Waals surface area contributed by atoms with Gasteiger partial charge in [0.05, 0.1) is 46.5 Å². The molecule has 2 aromatic heterocycles. The minimum absolute atomic E-state index is 0.136. The number of unbranched alkanes of at least 4 members (excludes halogenated alkanes) is 3. The number of rotatable bonds is 12. The van der Waals surface area contributed by atoms with E-state index >= 15 is 0 Å². The van der Waals surface area contributed by atoms with Gasteiger partial charge >= 0.3 is 5.97 Å². The first-order valence-corrected chi connectivity index (χ1v) is 19.1. The van der Waals surface area contributed by atoms with Crippen LogP contribution in [0.15, 0.2) is 18.2 Å². The van der Waals surface area contributed by atoms with Crippen LogP contribution in [0, 0.1) is 6.92 Å². The van der Waals surface area contributed by atoms with Crippen molar-refractivity contribution >= 4 is 63.5 Å². The average molecular weight is 718 g/mol. The van der Waals surface area contributed by atoms with Crippen LogP contribution >= 0.6 is 0 Å². The number of fused-ring (bicyclic) bond motifs is 8. The second-order valence-electron chi connectivity index (χ2n) is 14.4. The van der Waals surface area contributed by atoms with E-state index < -0.39 is 0 Å². The molecule has 8 bridgehead atoms. The smallest absolute Gasteiger partial charge is 0.305 e. The maximum Gasteiger partial charge on any atom is 0.305 e. The van der Waals surface area contributed by atoms with Gasteiger partial charge in [0.1, 0.15) is 6.29 Å². The van der Waals surface area contributed by atoms with E-state index in [4.69, 9.17) is 14.7 Å². The topological polar surface area (TPSA) is 138 Å². The number of H-pyrrole nitrogens is 2. The van der Waals surface area contributed by atoms with E-state index in [1.807, 2.05) is 13.0 Å². The number of ether oxygens (including phenoxy) is 1. The van der Waals surface area contributed by atoms with Gasteiger partial charge in [0.15, 0.2) is 0 Å². The summed E-state index contributed by atoms with van der Waals surface area (Å²) in [6.45, 7) is 14.8. The van der Waals surface area contributed by atoms with Crippen molar-refractivity contribution in [1.29, 1.82) is 0 Å². The summed E-state index contributed by atoms with van der Waals surface area (Å²) in [5, 5.41) is 0. The van der Waals surface area contributed by atoms with Gasteiger partial charge in [-0.2, -0.15) is 0 Å². The molecular formula is C43H51N5O5. The zero-order valence-electron chi connectivity index (χ0n) is 32.3. The molecule has 0 saturated carbocycles. The number of hydrogen-bond acceptors (Lipinski definition) is 7. The van der Waals surface area contributed by atoms with Gasteiger partial charge in [-0.3, -0.25) is 24.1 Å². The van der Waals surface area contributed by atoms with Crippen molar-refractivity contribution in [1.82, 2.24) is 24.8 Å². The van der Waals surface area contributed by atoms with Crippen LogP contribution in [-0.2, 0) is 14.3 Å². The minimum Gasteiger partial charge on any atom is -0.469 e. The second kappa shape index (κ2) is 15.5. The van der Waals surface area contributed by atoms with E-state index in [1.165, 1.54) is 18.1 Å². The van der Waals surface area contributed by atoms with Crippen molar-refractivity contribution in [2.75, 3.05) is 13.7 Å². The first kappa shape index (κ1) is 37.6. The van der Waals surface area contributed by atoms with Gasteiger partial charge < -0.3 is 14.7 Å². The van der Waals surface area contributed by atoms with Gasteiger partial charge in [0.2, 0.25) is 0 Å². The average Bonchev–Trinajstić information content (AvgIpc) is 3.83. The summed E-state index contributed by atoms with van der Waals surface area (Å²) in [6, 6.07) is 4.05. The van der Waals surface area contributed by atoms with E-state index in [2.05, 4.69) is 57.6 Å². The lowest BCUT2D eigenvalue weighted by Gasteiger charge is -2.27. The van der Waals surface area contributed by atoms with Gasteiger partial charge in [-0.25, -0.2) is 9.97 Å². The normalized spacial score (nSPS) is 17.7. The van der Waals surface area contributed by atoms with Gasteiger partial charge in [0.25, 0.3) is 11.8 Å². The highest BCUT2D eigenvalue weighted by Gasteiger charge is 2.41. The number of esters is 1. The molecule has 0 radical (unpaired) electrons. The van der Waals surface area contributed by atoms with Crippen molar-refractivity contribution in [2.45, 2.75) is 112 Å². The van der Waals surface area contributed by atoms with Gasteiger partial charge in [-0.15, -0.1) is 0 Å². The lowest BCUT2D eigenvalue weighted by molar-refractivity contribution is -0.140. The van der Waals surface area contributed by atoms with Gasteiger partial charge in [0, 0.05) is 47.3 Å². The molecule has 278 valence electrons. The number of aldehydes is 1. The highest BCUT2D eigenvalue weighted by atomic mass is 16.5. The molecule has 0 saturated heterocycles. The van der Waals surface area contributed by atoms with Crippen LogP contribution in [0.4, 0.5) is 0 Å². The number of methoxy groups -OCH3 is 1. The number of hydrogen-bond donors (Lipinski definition) is 2. The molecule has 0 fully saturated rings. The molecule has 0 spiro atoms. The Hall–Kier alpha value is -5.12. The Morgan fingerprint density at radius 1 is 0.887 bits per heavy atom. The highest BCUT2D eigenvalue weighted by Crippen LogP contribution is 2.46. The number of aromatic amines is 2. The molecular weight excluding hydrogens is 667 g/mol. The van der Waals surface area contributed by atoms with E-state index in [-0.39, 0.29) is 36.0 Å². The largest absolute Gasteiger partial charge is 0.469 e. The van der Waals surface area contributed by atoms with E-state index in [0.717, 1.165) is 100 Å². The Labute approximate surface area is 311 Å². The number of imide groups is 1. The van der Waals surface area contributed by atoms with Crippen LogP contribution in [0.1, 0.15) is 171 Å². The lowest BCUT2D eigenvalue weighted by atomic mass is 9.83. The number of amides is 2. The summed E-state index contributed by atoms with van der Waals surface area (Å²) in [5.41, 5.74) is 12.4. The zero-order valence-corrected chi connectivity index (χ0v) is 32.3. The van der Waals surface area contributed by atoms with Crippen molar-refractivity contribution in [3.63, 3.8) is 0 Å². The second-order valence-corrected chi connectivity index (χ2v) is 14.4. The predicted octanol–water partition coefficient (Wildman–Crippen LogP) is 9.26. The molecule has 2 aromatic rings. The van der Waals surface area contributed by atoms with E-state index in [1.54, 1.807) is 6.08 Å². The fourth-order valence-corrected chi connectivity index (χ4v) is 8.43. The third-order valence-electron chi connectivity index (χ3n) is 11.4. The Morgan fingerprint density at radius 3 is 2.26 bits per heavy atom. The summed E-state index contributed by atoms with van der Waals surface area (Å²) < 4.78 is 5.06. The third-order valence-corrected chi connectivity index (χ3v) is 11.4. The van der Waals surface area contributed by atoms with Crippen LogP contribution in [0.3, 0.4) is 0 Å². The lowest BCUT2D eigenvalue weighted by Crippen LogP contribution is -2.41. The third kappa shape index (κ3) is 6.57. The van der Waals surface area contributed by atoms with Gasteiger partial charge in [-0.1, -0.05) is 47.0 Å². The number of carbonyl (C=O) groups excluding carboxylic acids is 4. The quantitative estimate of drug-likeness (QED) is 0.0734. The molecule has 0 aromatic carbocycles. The van der Waals surface area contributed by atoms with Crippen molar-refractivity contribution < 1.29 is 23.9 Å². The van der Waals surface area contributed by atoms with Crippen molar-refractivity contribution in [2.24, 2.45) is 0 Å². The number of aryl methyl sites for hydroxylation is 1. The zero-order chi connectivity index (χ0) is 38.1. The van der Waals surface area contributed by atoms with Crippen LogP contribution in [-0.4, -0.2) is 62.6 Å². The molecule has 53 heavy (non-hydrogen) atoms. The van der Waals surface area contributed by atoms with Gasteiger partial charge in [-0.05, 0) is 98.6 Å². The highest BCUT2D eigenvalue weighted by molar-refractivity contribution is 6.23. The first-order valence-electron chi connectivity index (χ1n) is 19.1. The number of carbonyl (C=O) groups is 4. The number of nitrogens with one attached hydrogen (secondary N) is 2. The minimum atomic E-state index is -0.372. The molecule has 6 heterocycles. The summed E-state index contributed by atoms with van der Waals surface area (Å²) >= 11 is 0. The summed E-state index contributed by atoms with van der Waals surface area (Å²) in [4.78, 5) is 72.6. The van der Waals surface area contributed by atoms with Crippen molar-refractivity contribution in [3.05, 3.63) is 74.6 Å². The number of aromatic nitrogens is 4. The molecule has 10 nitrogen and oxygen atoms in total. The Balaban J connectivity index is 1.81. The fraction of sp³-hybridized carbons (Fsp3) is 0.442. The van der Waals surface area contributed by atoms with Crippen LogP contribution in [0.25, 0.3) is 39.4 Å². The number of allylic oxidation sites excluding steroid dienone is 5. The van der Waals surface area contributed by atoms with Crippen LogP contribution in [0.2, 0.25) is 0 Å². The SMILES string of the molecule is CCCCCCN1C(=O)c2c3[nH]c(c(/C=C/C=O)c4nc(cc5nc(cc6[nH]c2c(c6C)C1=O)C(CC)=C5C)C(CC)=C4C)[C@@H](C)[C@@H]3CCC(=O)OC. The maximum absolute atomic E-state index is 14.8. The Kier molecular flexibility index (Phi) is 11.0. The standard InChI is InChI=1S/C43H51N5O5/c1-9-12-13-14-19-48-42(51)36-26(7)32-22-33-27(10-2)23(4)31(44-33)21-34-28(11-3)24(5)38(46-34)30(16-15-20-49)39-25(6)29(17-18-35(50)53-8)40(47-39)37(43(48)52)41(36)45-32/h15-16,20-22,25,29,45,47H,9-14,17-19H2,1-8H3/b16-15+,33-22?,34-21?,39-30?,40-37?/t25-,29-/m0/s1. The molecule has 4 aliphatic heterocycles. The molecule has 4 aliphatic rings. The first-order chi connectivity index (χ1) is 25.5. The summed E-state index contributed by atoms with van der Waals surface area (Å²) in [5.74, 6) is -1.58. The fourth-order valence-electron chi connectivity index (χ4n) is 8.43. The summed E-state index contributed by atoms with van der Waals surface area (Å²) in [6.07, 6.45) is 9.67. The molecule has 2 atom stereocenters. The van der Waals surface area contributed by atoms with Crippen LogP contribution < -0.4 is 0 Å². The Bertz CT molecular complexity index is 2180. The van der Waals surface area contributed by atoms with Crippen LogP contribution in [0.5, 0.6) is 0 Å². The van der Waals surface area contributed by atoms with E-state index in [0.29, 0.717) is 47.2 Å². The molecule has 0 aliphatic carbocycles. The Morgan fingerprint density at radius 2 is 1.58 bits per heavy atom. The van der Waals surface area contributed by atoms with Crippen molar-refractivity contribution in [3.8, 4) is 0 Å². The van der Waals surface area contributed by atoms with E-state index in [9.17, 15) is 19.2 Å². The number of nitrogens with zero attached hydrogens (tertiary/aromatic N) is 3.